The summed E-state index contributed by atoms with van der Waals surface area (Å²) in [6.45, 7) is 2.34. The van der Waals surface area contributed by atoms with Gasteiger partial charge < -0.3 is 10.2 Å². The van der Waals surface area contributed by atoms with Crippen LogP contribution < -0.4 is 5.73 Å². The van der Waals surface area contributed by atoms with Gasteiger partial charge in [-0.05, 0) is 18.2 Å². The first kappa shape index (κ1) is 12.1. The van der Waals surface area contributed by atoms with Crippen molar-refractivity contribution in [1.29, 1.82) is 0 Å². The molecular weight excluding hydrogens is 240 g/mol. The van der Waals surface area contributed by atoms with Crippen LogP contribution in [-0.4, -0.2) is 26.2 Å². The van der Waals surface area contributed by atoms with Gasteiger partial charge in [0.1, 0.15) is 5.52 Å². The van der Waals surface area contributed by atoms with Gasteiger partial charge in [-0.15, -0.1) is 0 Å². The minimum atomic E-state index is -3.22. The first-order chi connectivity index (χ1) is 7.91. The van der Waals surface area contributed by atoms with Gasteiger partial charge in [-0.3, -0.25) is 0 Å². The Morgan fingerprint density at radius 3 is 2.76 bits per heavy atom. The summed E-state index contributed by atoms with van der Waals surface area (Å²) in [5, 5.41) is 0. The lowest BCUT2D eigenvalue weighted by molar-refractivity contribution is 0.489. The molecule has 0 aliphatic heterocycles. The molecule has 0 spiro atoms. The average molecular weight is 254 g/mol. The number of benzene rings is 1. The third-order valence-corrected chi connectivity index (χ3v) is 3.69. The zero-order chi connectivity index (χ0) is 12.6. The smallest absolute Gasteiger partial charge is 0.199 e. The Bertz CT molecular complexity index is 646. The van der Waals surface area contributed by atoms with Crippen molar-refractivity contribution in [2.24, 2.45) is 5.73 Å². The molecule has 1 aromatic heterocycles. The molecule has 2 aromatic rings. The Morgan fingerprint density at radius 2 is 2.18 bits per heavy atom. The molecule has 6 heteroatoms. The molecule has 1 unspecified atom stereocenters. The van der Waals surface area contributed by atoms with Gasteiger partial charge in [0.2, 0.25) is 0 Å². The van der Waals surface area contributed by atoms with Crippen LogP contribution in [0.4, 0.5) is 0 Å². The van der Waals surface area contributed by atoms with Crippen LogP contribution in [0.2, 0.25) is 0 Å². The number of sulfone groups is 1. The van der Waals surface area contributed by atoms with E-state index >= 15 is 0 Å². The summed E-state index contributed by atoms with van der Waals surface area (Å²) in [7, 11) is -3.22. The molecule has 1 aromatic carbocycles. The van der Waals surface area contributed by atoms with E-state index in [0.717, 1.165) is 6.26 Å². The summed E-state index contributed by atoms with van der Waals surface area (Å²) in [5.74, 6) is 0.553. The van der Waals surface area contributed by atoms with E-state index < -0.39 is 9.84 Å². The monoisotopic (exact) mass is 254 g/mol. The van der Waals surface area contributed by atoms with E-state index in [9.17, 15) is 8.42 Å². The summed E-state index contributed by atoms with van der Waals surface area (Å²) in [4.78, 5) is 4.49. The van der Waals surface area contributed by atoms with E-state index in [0.29, 0.717) is 23.5 Å². The highest BCUT2D eigenvalue weighted by Gasteiger charge is 2.14. The number of fused-ring (bicyclic) bond motifs is 1. The van der Waals surface area contributed by atoms with Crippen LogP contribution in [0, 0.1) is 0 Å². The molecule has 0 saturated heterocycles. The van der Waals surface area contributed by atoms with Gasteiger partial charge >= 0.3 is 0 Å². The van der Waals surface area contributed by atoms with Crippen molar-refractivity contribution in [1.82, 2.24) is 4.98 Å². The second-order valence-electron chi connectivity index (χ2n) is 4.09. The number of hydrogen-bond acceptors (Lipinski definition) is 5. The first-order valence-corrected chi connectivity index (χ1v) is 7.11. The van der Waals surface area contributed by atoms with Gasteiger partial charge in [0.15, 0.2) is 21.3 Å². The quantitative estimate of drug-likeness (QED) is 0.892. The molecule has 2 rings (SSSR count). The number of rotatable bonds is 3. The third kappa shape index (κ3) is 2.32. The molecule has 0 bridgehead atoms. The third-order valence-electron chi connectivity index (χ3n) is 2.58. The molecule has 5 nitrogen and oxygen atoms in total. The van der Waals surface area contributed by atoms with Crippen molar-refractivity contribution in [3.05, 3.63) is 24.1 Å². The summed E-state index contributed by atoms with van der Waals surface area (Å²) in [6, 6.07) is 4.64. The molecule has 0 aliphatic carbocycles. The van der Waals surface area contributed by atoms with Crippen LogP contribution >= 0.6 is 0 Å². The van der Waals surface area contributed by atoms with E-state index in [4.69, 9.17) is 10.2 Å². The Balaban J connectivity index is 2.56. The van der Waals surface area contributed by atoms with E-state index in [-0.39, 0.29) is 10.8 Å². The number of nitrogens with two attached hydrogens (primary N) is 1. The topological polar surface area (TPSA) is 86.2 Å². The lowest BCUT2D eigenvalue weighted by Gasteiger charge is -1.99. The van der Waals surface area contributed by atoms with Crippen LogP contribution in [0.15, 0.2) is 27.5 Å². The second kappa shape index (κ2) is 4.12. The van der Waals surface area contributed by atoms with Gasteiger partial charge in [-0.1, -0.05) is 6.92 Å². The first-order valence-electron chi connectivity index (χ1n) is 5.22. The SMILES string of the molecule is CC(CN)c1nc2cc(S(C)(=O)=O)ccc2o1. The van der Waals surface area contributed by atoms with Crippen LogP contribution in [0.25, 0.3) is 11.1 Å². The number of aromatic nitrogens is 1. The van der Waals surface area contributed by atoms with E-state index in [1.807, 2.05) is 6.92 Å². The standard InChI is InChI=1S/C11H14N2O3S/c1-7(6-12)11-13-9-5-8(17(2,14)15)3-4-10(9)16-11/h3-5,7H,6,12H2,1-2H3. The highest BCUT2D eigenvalue weighted by molar-refractivity contribution is 7.90. The molecule has 0 amide bonds. The molecular formula is C11H14N2O3S. The Morgan fingerprint density at radius 1 is 1.47 bits per heavy atom. The zero-order valence-corrected chi connectivity index (χ0v) is 10.5. The molecule has 1 heterocycles. The number of hydrogen-bond donors (Lipinski definition) is 1. The lowest BCUT2D eigenvalue weighted by Crippen LogP contribution is -2.08. The normalized spacial score (nSPS) is 14.1. The van der Waals surface area contributed by atoms with Crippen molar-refractivity contribution >= 4 is 20.9 Å². The van der Waals surface area contributed by atoms with Crippen molar-refractivity contribution in [3.63, 3.8) is 0 Å². The maximum Gasteiger partial charge on any atom is 0.199 e. The molecule has 0 fully saturated rings. The van der Waals surface area contributed by atoms with Crippen LogP contribution in [0.5, 0.6) is 0 Å². The summed E-state index contributed by atoms with van der Waals surface area (Å²) in [5.41, 5.74) is 6.65. The minimum absolute atomic E-state index is 0.0177. The predicted molar refractivity (Wildman–Crippen MR) is 64.6 cm³/mol. The fourth-order valence-electron chi connectivity index (χ4n) is 1.47. The minimum Gasteiger partial charge on any atom is -0.440 e. The molecule has 92 valence electrons. The Labute approximate surface area is 99.6 Å². The largest absolute Gasteiger partial charge is 0.440 e. The Kier molecular flexibility index (Phi) is 2.92. The van der Waals surface area contributed by atoms with E-state index in [1.54, 1.807) is 6.07 Å². The summed E-state index contributed by atoms with van der Waals surface area (Å²) < 4.78 is 28.3. The Hall–Kier alpha value is -1.40. The second-order valence-corrected chi connectivity index (χ2v) is 6.11. The molecule has 1 atom stereocenters. The summed E-state index contributed by atoms with van der Waals surface area (Å²) in [6.07, 6.45) is 1.16. The van der Waals surface area contributed by atoms with Crippen molar-refractivity contribution in [2.75, 3.05) is 12.8 Å². The molecule has 0 saturated carbocycles. The van der Waals surface area contributed by atoms with E-state index in [2.05, 4.69) is 4.98 Å². The van der Waals surface area contributed by atoms with Crippen LogP contribution in [0.1, 0.15) is 18.7 Å². The van der Waals surface area contributed by atoms with E-state index in [1.165, 1.54) is 12.1 Å². The predicted octanol–water partition coefficient (Wildman–Crippen LogP) is 1.29. The molecule has 0 radical (unpaired) electrons. The fourth-order valence-corrected chi connectivity index (χ4v) is 2.11. The van der Waals surface area contributed by atoms with Crippen LogP contribution in [-0.2, 0) is 9.84 Å². The molecule has 2 N–H and O–H groups in total. The van der Waals surface area contributed by atoms with Gasteiger partial charge in [0.25, 0.3) is 0 Å². The number of nitrogens with zero attached hydrogens (tertiary/aromatic N) is 1. The molecule has 17 heavy (non-hydrogen) atoms. The lowest BCUT2D eigenvalue weighted by atomic mass is 10.2. The summed E-state index contributed by atoms with van der Waals surface area (Å²) >= 11 is 0. The van der Waals surface area contributed by atoms with Crippen molar-refractivity contribution in [2.45, 2.75) is 17.7 Å². The van der Waals surface area contributed by atoms with Gasteiger partial charge in [-0.2, -0.15) is 0 Å². The highest BCUT2D eigenvalue weighted by Crippen LogP contribution is 2.23. The van der Waals surface area contributed by atoms with Gasteiger partial charge in [0.05, 0.1) is 4.90 Å². The average Bonchev–Trinajstić information content (AvgIpc) is 2.69. The zero-order valence-electron chi connectivity index (χ0n) is 9.67. The molecule has 0 aliphatic rings. The van der Waals surface area contributed by atoms with Crippen molar-refractivity contribution in [3.8, 4) is 0 Å². The van der Waals surface area contributed by atoms with Crippen molar-refractivity contribution < 1.29 is 12.8 Å². The fraction of sp³-hybridized carbons (Fsp3) is 0.364. The maximum absolute atomic E-state index is 11.4. The number of oxazole rings is 1. The van der Waals surface area contributed by atoms with Crippen LogP contribution in [0.3, 0.4) is 0 Å². The van der Waals surface area contributed by atoms with Gasteiger partial charge in [-0.25, -0.2) is 13.4 Å². The highest BCUT2D eigenvalue weighted by atomic mass is 32.2. The maximum atomic E-state index is 11.4. The van der Waals surface area contributed by atoms with Gasteiger partial charge in [0, 0.05) is 18.7 Å².